The van der Waals surface area contributed by atoms with Crippen molar-refractivity contribution < 1.29 is 29.4 Å². The number of imidazole rings is 1. The first-order valence-electron chi connectivity index (χ1n) is 11.2. The van der Waals surface area contributed by atoms with Gasteiger partial charge >= 0.3 is 5.97 Å². The largest absolute Gasteiger partial charge is 0.508 e. The third kappa shape index (κ3) is 9.45. The summed E-state index contributed by atoms with van der Waals surface area (Å²) in [5, 5.41) is 25.9. The first kappa shape index (κ1) is 27.3. The van der Waals surface area contributed by atoms with Gasteiger partial charge in [-0.25, -0.2) is 4.98 Å². The Morgan fingerprint density at radius 1 is 1.00 bits per heavy atom. The second kappa shape index (κ2) is 13.1. The predicted octanol–water partition coefficient (Wildman–Crippen LogP) is -0.556. The van der Waals surface area contributed by atoms with Crippen LogP contribution in [0.5, 0.6) is 5.75 Å². The van der Waals surface area contributed by atoms with Crippen molar-refractivity contribution in [1.29, 1.82) is 0 Å². The van der Waals surface area contributed by atoms with E-state index in [4.69, 9.17) is 10.8 Å². The summed E-state index contributed by atoms with van der Waals surface area (Å²) in [6.07, 6.45) is 3.55. The Morgan fingerprint density at radius 2 is 1.66 bits per heavy atom. The molecule has 2 rings (SSSR count). The number of carboxylic acid groups (broad SMARTS) is 1. The minimum Gasteiger partial charge on any atom is -0.508 e. The van der Waals surface area contributed by atoms with Crippen LogP contribution in [0.2, 0.25) is 0 Å². The van der Waals surface area contributed by atoms with Gasteiger partial charge in [0, 0.05) is 24.7 Å². The van der Waals surface area contributed by atoms with Gasteiger partial charge in [0.2, 0.25) is 17.7 Å². The summed E-state index contributed by atoms with van der Waals surface area (Å²) in [5.41, 5.74) is 7.29. The van der Waals surface area contributed by atoms with E-state index >= 15 is 0 Å². The van der Waals surface area contributed by atoms with E-state index in [1.165, 1.54) is 18.5 Å². The molecule has 1 aromatic carbocycles. The fourth-order valence-electron chi connectivity index (χ4n) is 3.34. The van der Waals surface area contributed by atoms with E-state index in [0.717, 1.165) is 0 Å². The number of hydrogen-bond acceptors (Lipinski definition) is 7. The number of carbonyl (C=O) groups excluding carboxylic acids is 3. The molecule has 1 heterocycles. The van der Waals surface area contributed by atoms with Crippen molar-refractivity contribution >= 4 is 23.7 Å². The number of amides is 3. The van der Waals surface area contributed by atoms with Crippen LogP contribution in [0.15, 0.2) is 36.8 Å². The van der Waals surface area contributed by atoms with Gasteiger partial charge in [0.25, 0.3) is 0 Å². The second-order valence-electron chi connectivity index (χ2n) is 8.62. The van der Waals surface area contributed by atoms with Crippen molar-refractivity contribution in [1.82, 2.24) is 25.9 Å². The van der Waals surface area contributed by atoms with Crippen LogP contribution in [0.3, 0.4) is 0 Å². The first-order chi connectivity index (χ1) is 16.5. The van der Waals surface area contributed by atoms with E-state index in [2.05, 4.69) is 25.9 Å². The molecule has 0 aliphatic heterocycles. The minimum absolute atomic E-state index is 0.0336. The number of aromatic hydroxyl groups is 1. The minimum atomic E-state index is -1.23. The van der Waals surface area contributed by atoms with E-state index < -0.39 is 48.4 Å². The van der Waals surface area contributed by atoms with E-state index in [-0.39, 0.29) is 30.9 Å². The summed E-state index contributed by atoms with van der Waals surface area (Å²) in [5.74, 6) is -2.99. The fourth-order valence-corrected chi connectivity index (χ4v) is 3.34. The lowest BCUT2D eigenvalue weighted by atomic mass is 10.0. The van der Waals surface area contributed by atoms with Crippen LogP contribution in [0.25, 0.3) is 0 Å². The lowest BCUT2D eigenvalue weighted by Gasteiger charge is -2.25. The average molecular weight is 489 g/mol. The average Bonchev–Trinajstić information content (AvgIpc) is 3.30. The Bertz CT molecular complexity index is 992. The van der Waals surface area contributed by atoms with Crippen LogP contribution in [-0.4, -0.2) is 68.5 Å². The molecular formula is C23H32N6O6. The van der Waals surface area contributed by atoms with Gasteiger partial charge in [-0.3, -0.25) is 19.2 Å². The number of phenols is 1. The molecule has 12 heteroatoms. The Balaban J connectivity index is 2.13. The number of rotatable bonds is 13. The summed E-state index contributed by atoms with van der Waals surface area (Å²) >= 11 is 0. The number of aromatic amines is 1. The number of nitrogens with zero attached hydrogens (tertiary/aromatic N) is 1. The molecule has 190 valence electrons. The molecule has 8 N–H and O–H groups in total. The SMILES string of the molecule is CC(C)CC(NC(=O)C(N)Cc1cnc[nH]1)C(=O)NC(Cc1ccc(O)cc1)C(=O)NCC(=O)O. The van der Waals surface area contributed by atoms with Crippen molar-refractivity contribution in [3.63, 3.8) is 0 Å². The summed E-state index contributed by atoms with van der Waals surface area (Å²) in [4.78, 5) is 56.1. The van der Waals surface area contributed by atoms with E-state index in [1.807, 2.05) is 13.8 Å². The van der Waals surface area contributed by atoms with Gasteiger partial charge in [-0.1, -0.05) is 26.0 Å². The van der Waals surface area contributed by atoms with Crippen LogP contribution in [-0.2, 0) is 32.0 Å². The van der Waals surface area contributed by atoms with Crippen molar-refractivity contribution in [3.8, 4) is 5.75 Å². The van der Waals surface area contributed by atoms with Gasteiger partial charge in [-0.05, 0) is 30.0 Å². The van der Waals surface area contributed by atoms with Crippen molar-refractivity contribution in [2.24, 2.45) is 11.7 Å². The number of benzene rings is 1. The number of phenolic OH excluding ortho intramolecular Hbond substituents is 1. The van der Waals surface area contributed by atoms with Gasteiger partial charge < -0.3 is 36.9 Å². The van der Waals surface area contributed by atoms with Gasteiger partial charge in [0.1, 0.15) is 24.4 Å². The highest BCUT2D eigenvalue weighted by atomic mass is 16.4. The molecule has 0 fully saturated rings. The number of hydrogen-bond donors (Lipinski definition) is 7. The van der Waals surface area contributed by atoms with Crippen LogP contribution >= 0.6 is 0 Å². The molecule has 0 radical (unpaired) electrons. The number of aromatic nitrogens is 2. The Hall–Kier alpha value is -3.93. The van der Waals surface area contributed by atoms with E-state index in [1.54, 1.807) is 18.3 Å². The maximum atomic E-state index is 13.1. The Morgan fingerprint density at radius 3 is 2.23 bits per heavy atom. The Kier molecular flexibility index (Phi) is 10.2. The maximum Gasteiger partial charge on any atom is 0.322 e. The van der Waals surface area contributed by atoms with Crippen molar-refractivity contribution in [2.45, 2.75) is 51.2 Å². The molecule has 0 aliphatic rings. The molecule has 12 nitrogen and oxygen atoms in total. The van der Waals surface area contributed by atoms with E-state index in [0.29, 0.717) is 11.3 Å². The van der Waals surface area contributed by atoms with Crippen LogP contribution in [0.4, 0.5) is 0 Å². The highest BCUT2D eigenvalue weighted by molar-refractivity contribution is 5.93. The molecule has 0 spiro atoms. The molecule has 0 saturated carbocycles. The van der Waals surface area contributed by atoms with Crippen LogP contribution < -0.4 is 21.7 Å². The topological polar surface area (TPSA) is 200 Å². The molecule has 1 aromatic heterocycles. The third-order valence-corrected chi connectivity index (χ3v) is 5.09. The number of nitrogens with two attached hydrogens (primary N) is 1. The highest BCUT2D eigenvalue weighted by Crippen LogP contribution is 2.12. The van der Waals surface area contributed by atoms with Crippen LogP contribution in [0, 0.1) is 5.92 Å². The maximum absolute atomic E-state index is 13.1. The Labute approximate surface area is 202 Å². The molecular weight excluding hydrogens is 456 g/mol. The van der Waals surface area contributed by atoms with Gasteiger partial charge in [-0.15, -0.1) is 0 Å². The van der Waals surface area contributed by atoms with Gasteiger partial charge in [0.05, 0.1) is 12.4 Å². The molecule has 3 amide bonds. The highest BCUT2D eigenvalue weighted by Gasteiger charge is 2.29. The second-order valence-corrected chi connectivity index (χ2v) is 8.62. The summed E-state index contributed by atoms with van der Waals surface area (Å²) in [6.45, 7) is 3.14. The predicted molar refractivity (Wildman–Crippen MR) is 126 cm³/mol. The number of aliphatic carboxylic acids is 1. The lowest BCUT2D eigenvalue weighted by molar-refractivity contribution is -0.138. The number of carboxylic acids is 1. The summed E-state index contributed by atoms with van der Waals surface area (Å²) in [7, 11) is 0. The zero-order valence-electron chi connectivity index (χ0n) is 19.7. The smallest absolute Gasteiger partial charge is 0.322 e. The molecule has 2 aromatic rings. The van der Waals surface area contributed by atoms with Crippen LogP contribution in [0.1, 0.15) is 31.5 Å². The number of carbonyl (C=O) groups is 4. The molecule has 3 atom stereocenters. The zero-order valence-corrected chi connectivity index (χ0v) is 19.7. The summed E-state index contributed by atoms with van der Waals surface area (Å²) in [6, 6.07) is 3.03. The standard InChI is InChI=1S/C23H32N6O6/c1-13(2)7-18(28-21(33)17(24)9-15-10-25-12-27-15)23(35)29-19(22(34)26-11-20(31)32)8-14-3-5-16(30)6-4-14/h3-6,10,12-13,17-19,30H,7-9,11,24H2,1-2H3,(H,25,27)(H,26,34)(H,28,33)(H,29,35)(H,31,32). The third-order valence-electron chi connectivity index (χ3n) is 5.09. The molecule has 0 bridgehead atoms. The quantitative estimate of drug-likeness (QED) is 0.194. The van der Waals surface area contributed by atoms with Crippen molar-refractivity contribution in [2.75, 3.05) is 6.54 Å². The molecule has 35 heavy (non-hydrogen) atoms. The molecule has 0 saturated heterocycles. The zero-order chi connectivity index (χ0) is 26.0. The number of nitrogens with one attached hydrogen (secondary N) is 4. The normalized spacial score (nSPS) is 13.5. The summed E-state index contributed by atoms with van der Waals surface area (Å²) < 4.78 is 0. The fraction of sp³-hybridized carbons (Fsp3) is 0.435. The lowest BCUT2D eigenvalue weighted by Crippen LogP contribution is -2.57. The van der Waals surface area contributed by atoms with Gasteiger partial charge in [0.15, 0.2) is 0 Å². The monoisotopic (exact) mass is 488 g/mol. The van der Waals surface area contributed by atoms with Gasteiger partial charge in [-0.2, -0.15) is 0 Å². The number of H-pyrrole nitrogens is 1. The first-order valence-corrected chi connectivity index (χ1v) is 11.2. The molecule has 3 unspecified atom stereocenters. The molecule has 0 aliphatic carbocycles. The van der Waals surface area contributed by atoms with Crippen molar-refractivity contribution in [3.05, 3.63) is 48.0 Å². The van der Waals surface area contributed by atoms with E-state index in [9.17, 15) is 24.3 Å².